The molecule has 0 unspecified atom stereocenters. The van der Waals surface area contributed by atoms with Crippen molar-refractivity contribution >= 4 is 5.91 Å². The fourth-order valence-corrected chi connectivity index (χ4v) is 3.71. The lowest BCUT2D eigenvalue weighted by Crippen LogP contribution is -2.28. The summed E-state index contributed by atoms with van der Waals surface area (Å²) in [4.78, 5) is 16.4. The number of rotatable bonds is 3. The van der Waals surface area contributed by atoms with E-state index in [0.717, 1.165) is 24.6 Å². The van der Waals surface area contributed by atoms with E-state index in [2.05, 4.69) is 10.00 Å². The first-order valence-corrected chi connectivity index (χ1v) is 8.05. The quantitative estimate of drug-likeness (QED) is 0.855. The van der Waals surface area contributed by atoms with Gasteiger partial charge in [-0.2, -0.15) is 5.10 Å². The Bertz CT molecular complexity index is 529. The van der Waals surface area contributed by atoms with Crippen LogP contribution in [0.15, 0.2) is 0 Å². The van der Waals surface area contributed by atoms with E-state index in [0.29, 0.717) is 5.69 Å². The largest absolute Gasteiger partial charge is 0.343 e. The molecule has 1 saturated carbocycles. The van der Waals surface area contributed by atoms with Crippen molar-refractivity contribution in [3.05, 3.63) is 17.0 Å². The summed E-state index contributed by atoms with van der Waals surface area (Å²) in [6.07, 6.45) is 6.92. The smallest absolute Gasteiger partial charge is 0.274 e. The number of aromatic nitrogens is 2. The van der Waals surface area contributed by atoms with Crippen LogP contribution in [0.2, 0.25) is 0 Å². The van der Waals surface area contributed by atoms with Crippen LogP contribution in [-0.2, 0) is 20.1 Å². The van der Waals surface area contributed by atoms with Gasteiger partial charge in [-0.3, -0.25) is 14.4 Å². The van der Waals surface area contributed by atoms with Gasteiger partial charge < -0.3 is 4.90 Å². The predicted molar refractivity (Wildman–Crippen MR) is 81.9 cm³/mol. The Kier molecular flexibility index (Phi) is 4.02. The summed E-state index contributed by atoms with van der Waals surface area (Å²) in [7, 11) is 5.53. The molecule has 5 heteroatoms. The molecule has 1 aliphatic carbocycles. The molecular weight excluding hydrogens is 264 g/mol. The highest BCUT2D eigenvalue weighted by atomic mass is 16.2. The van der Waals surface area contributed by atoms with Crippen LogP contribution in [0.3, 0.4) is 0 Å². The van der Waals surface area contributed by atoms with Crippen molar-refractivity contribution in [2.75, 3.05) is 20.6 Å². The van der Waals surface area contributed by atoms with Crippen LogP contribution < -0.4 is 0 Å². The molecule has 2 heterocycles. The van der Waals surface area contributed by atoms with Gasteiger partial charge in [0, 0.05) is 46.3 Å². The minimum Gasteiger partial charge on any atom is -0.343 e. The van der Waals surface area contributed by atoms with E-state index in [1.54, 1.807) is 19.0 Å². The van der Waals surface area contributed by atoms with Crippen molar-refractivity contribution < 1.29 is 4.79 Å². The maximum atomic E-state index is 12.2. The molecule has 1 fully saturated rings. The summed E-state index contributed by atoms with van der Waals surface area (Å²) in [6.45, 7) is 2.99. The van der Waals surface area contributed by atoms with E-state index < -0.39 is 0 Å². The second kappa shape index (κ2) is 5.79. The molecule has 0 atom stereocenters. The lowest BCUT2D eigenvalue weighted by Gasteiger charge is -2.26. The Morgan fingerprint density at radius 2 is 1.95 bits per heavy atom. The van der Waals surface area contributed by atoms with Crippen molar-refractivity contribution in [2.24, 2.45) is 13.0 Å². The van der Waals surface area contributed by atoms with Gasteiger partial charge in [-0.15, -0.1) is 0 Å². The van der Waals surface area contributed by atoms with Gasteiger partial charge in [-0.05, 0) is 18.8 Å². The molecule has 3 rings (SSSR count). The third-order valence-electron chi connectivity index (χ3n) is 4.88. The molecule has 1 aromatic rings. The monoisotopic (exact) mass is 290 g/mol. The first-order chi connectivity index (χ1) is 10.1. The van der Waals surface area contributed by atoms with Crippen LogP contribution in [-0.4, -0.2) is 46.1 Å². The number of carbonyl (C=O) groups is 1. The van der Waals surface area contributed by atoms with E-state index >= 15 is 0 Å². The molecule has 1 amide bonds. The number of hydrogen-bond donors (Lipinski definition) is 0. The van der Waals surface area contributed by atoms with Crippen LogP contribution in [0.4, 0.5) is 0 Å². The number of fused-ring (bicyclic) bond motifs is 1. The molecule has 0 saturated heterocycles. The van der Waals surface area contributed by atoms with E-state index in [1.807, 2.05) is 11.7 Å². The Morgan fingerprint density at radius 1 is 1.24 bits per heavy atom. The van der Waals surface area contributed by atoms with E-state index in [-0.39, 0.29) is 5.91 Å². The molecule has 2 aliphatic rings. The Labute approximate surface area is 126 Å². The van der Waals surface area contributed by atoms with Crippen LogP contribution in [0, 0.1) is 5.92 Å². The number of carbonyl (C=O) groups excluding carboxylic acids is 1. The van der Waals surface area contributed by atoms with Crippen molar-refractivity contribution in [1.82, 2.24) is 19.6 Å². The van der Waals surface area contributed by atoms with Gasteiger partial charge >= 0.3 is 0 Å². The normalized spacial score (nSPS) is 19.8. The van der Waals surface area contributed by atoms with E-state index in [1.165, 1.54) is 44.3 Å². The summed E-state index contributed by atoms with van der Waals surface area (Å²) in [5.41, 5.74) is 3.01. The molecule has 0 aromatic carbocycles. The van der Waals surface area contributed by atoms with Gasteiger partial charge in [0.25, 0.3) is 5.91 Å². The molecule has 1 aliphatic heterocycles. The van der Waals surface area contributed by atoms with Crippen LogP contribution in [0.5, 0.6) is 0 Å². The summed E-state index contributed by atoms with van der Waals surface area (Å²) < 4.78 is 1.90. The number of aryl methyl sites for hydroxylation is 1. The zero-order valence-corrected chi connectivity index (χ0v) is 13.4. The molecule has 5 nitrogen and oxygen atoms in total. The Morgan fingerprint density at radius 3 is 2.62 bits per heavy atom. The van der Waals surface area contributed by atoms with Gasteiger partial charge in [0.15, 0.2) is 5.69 Å². The summed E-state index contributed by atoms with van der Waals surface area (Å²) in [5.74, 6) is 0.861. The Balaban J connectivity index is 1.71. The van der Waals surface area contributed by atoms with Gasteiger partial charge in [0.05, 0.1) is 5.69 Å². The zero-order valence-electron chi connectivity index (χ0n) is 13.4. The van der Waals surface area contributed by atoms with Crippen molar-refractivity contribution in [1.29, 1.82) is 0 Å². The van der Waals surface area contributed by atoms with Crippen molar-refractivity contribution in [3.63, 3.8) is 0 Å². The molecule has 116 valence electrons. The van der Waals surface area contributed by atoms with Crippen LogP contribution >= 0.6 is 0 Å². The third kappa shape index (κ3) is 2.84. The third-order valence-corrected chi connectivity index (χ3v) is 4.88. The first kappa shape index (κ1) is 14.6. The second-order valence-corrected chi connectivity index (χ2v) is 6.77. The molecule has 1 aromatic heterocycles. The lowest BCUT2D eigenvalue weighted by atomic mass is 9.89. The van der Waals surface area contributed by atoms with Gasteiger partial charge in [-0.25, -0.2) is 0 Å². The average molecular weight is 290 g/mol. The van der Waals surface area contributed by atoms with E-state index in [9.17, 15) is 4.79 Å². The highest BCUT2D eigenvalue weighted by Crippen LogP contribution is 2.30. The van der Waals surface area contributed by atoms with E-state index in [4.69, 9.17) is 0 Å². The minimum absolute atomic E-state index is 0.0198. The summed E-state index contributed by atoms with van der Waals surface area (Å²) in [5, 5.41) is 4.43. The number of hydrogen-bond acceptors (Lipinski definition) is 3. The predicted octanol–water partition coefficient (Wildman–Crippen LogP) is 2.02. The second-order valence-electron chi connectivity index (χ2n) is 6.77. The van der Waals surface area contributed by atoms with Crippen molar-refractivity contribution in [3.8, 4) is 0 Å². The SMILES string of the molecule is CN(C)C(=O)c1nn(C)c2c1CN(CC1CCCCC1)C2. The molecule has 0 radical (unpaired) electrons. The fourth-order valence-electron chi connectivity index (χ4n) is 3.71. The van der Waals surface area contributed by atoms with Gasteiger partial charge in [0.2, 0.25) is 0 Å². The molecular formula is C16H26N4O. The topological polar surface area (TPSA) is 41.4 Å². The highest BCUT2D eigenvalue weighted by Gasteiger charge is 2.31. The zero-order chi connectivity index (χ0) is 15.0. The van der Waals surface area contributed by atoms with Crippen LogP contribution in [0.25, 0.3) is 0 Å². The maximum Gasteiger partial charge on any atom is 0.274 e. The lowest BCUT2D eigenvalue weighted by molar-refractivity contribution is 0.0819. The van der Waals surface area contributed by atoms with Gasteiger partial charge in [-0.1, -0.05) is 19.3 Å². The molecule has 0 N–H and O–H groups in total. The molecule has 0 spiro atoms. The van der Waals surface area contributed by atoms with Crippen molar-refractivity contribution in [2.45, 2.75) is 45.2 Å². The highest BCUT2D eigenvalue weighted by molar-refractivity contribution is 5.93. The Hall–Kier alpha value is -1.36. The standard InChI is InChI=1S/C16H26N4O/c1-18(2)16(21)15-13-10-20(11-14(13)19(3)17-15)9-12-7-5-4-6-8-12/h12H,4-11H2,1-3H3. The number of nitrogens with zero attached hydrogens (tertiary/aromatic N) is 4. The minimum atomic E-state index is 0.0198. The number of amides is 1. The summed E-state index contributed by atoms with van der Waals surface area (Å²) >= 11 is 0. The first-order valence-electron chi connectivity index (χ1n) is 8.05. The van der Waals surface area contributed by atoms with Gasteiger partial charge in [0.1, 0.15) is 0 Å². The summed E-state index contributed by atoms with van der Waals surface area (Å²) in [6, 6.07) is 0. The maximum absolute atomic E-state index is 12.2. The molecule has 21 heavy (non-hydrogen) atoms. The average Bonchev–Trinajstić information content (AvgIpc) is 3.00. The molecule has 0 bridgehead atoms. The van der Waals surface area contributed by atoms with Crippen LogP contribution in [0.1, 0.15) is 53.8 Å². The fraction of sp³-hybridized carbons (Fsp3) is 0.750.